The summed E-state index contributed by atoms with van der Waals surface area (Å²) in [6.45, 7) is 3.28. The molecule has 1 aromatic rings. The van der Waals surface area contributed by atoms with E-state index in [1.54, 1.807) is 13.8 Å². The van der Waals surface area contributed by atoms with Crippen LogP contribution in [0.25, 0.3) is 0 Å². The zero-order valence-electron chi connectivity index (χ0n) is 10.3. The number of rotatable bonds is 4. The van der Waals surface area contributed by atoms with Gasteiger partial charge in [0.15, 0.2) is 23.2 Å². The van der Waals surface area contributed by atoms with Crippen LogP contribution in [0.15, 0.2) is 0 Å². The first kappa shape index (κ1) is 15.0. The second kappa shape index (κ2) is 5.29. The van der Waals surface area contributed by atoms with Gasteiger partial charge in [0, 0.05) is 6.42 Å². The van der Waals surface area contributed by atoms with Crippen molar-refractivity contribution in [2.24, 2.45) is 5.92 Å². The largest absolute Gasteiger partial charge is 0.478 e. The Morgan fingerprint density at radius 3 is 2.05 bits per heavy atom. The van der Waals surface area contributed by atoms with Crippen molar-refractivity contribution in [2.75, 3.05) is 5.73 Å². The third-order valence-corrected chi connectivity index (χ3v) is 2.44. The summed E-state index contributed by atoms with van der Waals surface area (Å²) >= 11 is 0. The topological polar surface area (TPSA) is 80.4 Å². The van der Waals surface area contributed by atoms with Crippen molar-refractivity contribution in [3.63, 3.8) is 0 Å². The number of anilines is 1. The SMILES string of the molecule is CC(C)CC(=O)c1c(F)c(N)c(F)c(F)c1C(=O)O. The van der Waals surface area contributed by atoms with E-state index < -0.39 is 46.0 Å². The van der Waals surface area contributed by atoms with E-state index in [0.717, 1.165) is 0 Å². The maximum Gasteiger partial charge on any atom is 0.339 e. The van der Waals surface area contributed by atoms with Crippen LogP contribution in [0.3, 0.4) is 0 Å². The first-order valence-corrected chi connectivity index (χ1v) is 5.40. The van der Waals surface area contributed by atoms with Gasteiger partial charge in [0.1, 0.15) is 11.3 Å². The van der Waals surface area contributed by atoms with E-state index in [1.165, 1.54) is 0 Å². The van der Waals surface area contributed by atoms with Gasteiger partial charge in [0.25, 0.3) is 0 Å². The van der Waals surface area contributed by atoms with Gasteiger partial charge in [-0.05, 0) is 5.92 Å². The molecule has 0 aliphatic rings. The zero-order chi connectivity index (χ0) is 14.9. The molecule has 1 aromatic carbocycles. The van der Waals surface area contributed by atoms with E-state index in [9.17, 15) is 22.8 Å². The predicted octanol–water partition coefficient (Wildman–Crippen LogP) is 2.61. The van der Waals surface area contributed by atoms with Crippen molar-refractivity contribution in [3.8, 4) is 0 Å². The van der Waals surface area contributed by atoms with Crippen molar-refractivity contribution in [1.82, 2.24) is 0 Å². The average Bonchev–Trinajstić information content (AvgIpc) is 2.29. The van der Waals surface area contributed by atoms with Gasteiger partial charge in [-0.3, -0.25) is 4.79 Å². The third-order valence-electron chi connectivity index (χ3n) is 2.44. The van der Waals surface area contributed by atoms with E-state index in [1.807, 2.05) is 0 Å². The maximum atomic E-state index is 13.7. The predicted molar refractivity (Wildman–Crippen MR) is 61.5 cm³/mol. The Labute approximate surface area is 107 Å². The van der Waals surface area contributed by atoms with Gasteiger partial charge < -0.3 is 10.8 Å². The lowest BCUT2D eigenvalue weighted by molar-refractivity contribution is 0.0683. The number of carbonyl (C=O) groups is 2. The second-order valence-corrected chi connectivity index (χ2v) is 4.43. The molecule has 0 aliphatic heterocycles. The first-order chi connectivity index (χ1) is 8.68. The van der Waals surface area contributed by atoms with Crippen LogP contribution in [0.5, 0.6) is 0 Å². The van der Waals surface area contributed by atoms with E-state index in [-0.39, 0.29) is 12.3 Å². The highest BCUT2D eigenvalue weighted by molar-refractivity contribution is 6.07. The summed E-state index contributed by atoms with van der Waals surface area (Å²) in [6, 6.07) is 0. The highest BCUT2D eigenvalue weighted by Crippen LogP contribution is 2.28. The highest BCUT2D eigenvalue weighted by atomic mass is 19.2. The fraction of sp³-hybridized carbons (Fsp3) is 0.333. The molecule has 19 heavy (non-hydrogen) atoms. The fourth-order valence-corrected chi connectivity index (χ4v) is 1.61. The molecule has 0 fully saturated rings. The minimum Gasteiger partial charge on any atom is -0.478 e. The molecule has 0 heterocycles. The number of aromatic carboxylic acids is 1. The number of carbonyl (C=O) groups excluding carboxylic acids is 1. The van der Waals surface area contributed by atoms with Crippen molar-refractivity contribution in [3.05, 3.63) is 28.6 Å². The summed E-state index contributed by atoms with van der Waals surface area (Å²) in [6.07, 6.45) is -0.207. The normalized spacial score (nSPS) is 10.8. The number of hydrogen-bond donors (Lipinski definition) is 2. The van der Waals surface area contributed by atoms with Gasteiger partial charge in [-0.1, -0.05) is 13.8 Å². The molecule has 0 radical (unpaired) electrons. The Kier molecular flexibility index (Phi) is 4.18. The van der Waals surface area contributed by atoms with Crippen LogP contribution in [0.4, 0.5) is 18.9 Å². The summed E-state index contributed by atoms with van der Waals surface area (Å²) in [5.41, 5.74) is 1.45. The number of hydrogen-bond acceptors (Lipinski definition) is 3. The monoisotopic (exact) mass is 275 g/mol. The van der Waals surface area contributed by atoms with Gasteiger partial charge in [0.2, 0.25) is 0 Å². The molecule has 4 nitrogen and oxygen atoms in total. The average molecular weight is 275 g/mol. The van der Waals surface area contributed by atoms with Gasteiger partial charge in [-0.2, -0.15) is 0 Å². The Morgan fingerprint density at radius 1 is 1.11 bits per heavy atom. The van der Waals surface area contributed by atoms with Crippen LogP contribution in [-0.2, 0) is 0 Å². The lowest BCUT2D eigenvalue weighted by Crippen LogP contribution is -2.18. The van der Waals surface area contributed by atoms with Gasteiger partial charge in [-0.25, -0.2) is 18.0 Å². The number of carboxylic acid groups (broad SMARTS) is 1. The number of benzene rings is 1. The summed E-state index contributed by atoms with van der Waals surface area (Å²) < 4.78 is 40.4. The first-order valence-electron chi connectivity index (χ1n) is 5.40. The second-order valence-electron chi connectivity index (χ2n) is 4.43. The van der Waals surface area contributed by atoms with Crippen LogP contribution in [0.1, 0.15) is 41.0 Å². The molecular formula is C12H12F3NO3. The van der Waals surface area contributed by atoms with Crippen LogP contribution in [0, 0.1) is 23.4 Å². The molecule has 0 bridgehead atoms. The Morgan fingerprint density at radius 2 is 1.63 bits per heavy atom. The van der Waals surface area contributed by atoms with Crippen molar-refractivity contribution >= 4 is 17.4 Å². The summed E-state index contributed by atoms with van der Waals surface area (Å²) in [7, 11) is 0. The lowest BCUT2D eigenvalue weighted by atomic mass is 9.95. The number of ketones is 1. The molecule has 0 unspecified atom stereocenters. The van der Waals surface area contributed by atoms with Crippen LogP contribution in [-0.4, -0.2) is 16.9 Å². The molecule has 0 saturated heterocycles. The minimum atomic E-state index is -1.93. The Balaban J connectivity index is 3.61. The highest BCUT2D eigenvalue weighted by Gasteiger charge is 2.31. The fourth-order valence-electron chi connectivity index (χ4n) is 1.61. The summed E-state index contributed by atoms with van der Waals surface area (Å²) in [4.78, 5) is 22.7. The van der Waals surface area contributed by atoms with Crippen LogP contribution < -0.4 is 5.73 Å². The molecule has 0 spiro atoms. The molecule has 7 heteroatoms. The molecule has 0 atom stereocenters. The summed E-state index contributed by atoms with van der Waals surface area (Å²) in [5, 5.41) is 8.80. The minimum absolute atomic E-state index is 0.206. The maximum absolute atomic E-state index is 13.7. The van der Waals surface area contributed by atoms with Crippen molar-refractivity contribution in [2.45, 2.75) is 20.3 Å². The standard InChI is InChI=1S/C12H12F3NO3/c1-4(2)3-5(17)6-7(12(18)19)8(13)10(15)11(16)9(6)14/h4H,3,16H2,1-2H3,(H,18,19). The molecule has 1 rings (SSSR count). The third kappa shape index (κ3) is 2.69. The molecular weight excluding hydrogens is 263 g/mol. The zero-order valence-corrected chi connectivity index (χ0v) is 10.3. The summed E-state index contributed by atoms with van der Waals surface area (Å²) in [5.74, 6) is -8.25. The van der Waals surface area contributed by atoms with E-state index >= 15 is 0 Å². The smallest absolute Gasteiger partial charge is 0.339 e. The number of nitrogens with two attached hydrogens (primary N) is 1. The number of halogens is 3. The molecule has 0 saturated carbocycles. The number of Topliss-reactive ketones (excluding diaryl/α,β-unsaturated/α-hetero) is 1. The van der Waals surface area contributed by atoms with Crippen molar-refractivity contribution in [1.29, 1.82) is 0 Å². The molecule has 0 amide bonds. The molecule has 3 N–H and O–H groups in total. The van der Waals surface area contributed by atoms with Gasteiger partial charge >= 0.3 is 5.97 Å². The Bertz CT molecular complexity index is 556. The van der Waals surface area contributed by atoms with Crippen LogP contribution >= 0.6 is 0 Å². The lowest BCUT2D eigenvalue weighted by Gasteiger charge is -2.12. The van der Waals surface area contributed by atoms with E-state index in [2.05, 4.69) is 0 Å². The number of carboxylic acids is 1. The van der Waals surface area contributed by atoms with Crippen molar-refractivity contribution < 1.29 is 27.9 Å². The molecule has 0 aromatic heterocycles. The van der Waals surface area contributed by atoms with Crippen LogP contribution in [0.2, 0.25) is 0 Å². The number of nitrogen functional groups attached to an aromatic ring is 1. The molecule has 0 aliphatic carbocycles. The van der Waals surface area contributed by atoms with Gasteiger partial charge in [0.05, 0.1) is 5.56 Å². The molecule has 104 valence electrons. The Hall–Kier alpha value is -2.05. The quantitative estimate of drug-likeness (QED) is 0.503. The van der Waals surface area contributed by atoms with Gasteiger partial charge in [-0.15, -0.1) is 0 Å². The van der Waals surface area contributed by atoms with E-state index in [4.69, 9.17) is 10.8 Å². The van der Waals surface area contributed by atoms with E-state index in [0.29, 0.717) is 0 Å².